The van der Waals surface area contributed by atoms with E-state index < -0.39 is 19.0 Å². The fourth-order valence-electron chi connectivity index (χ4n) is 0.824. The number of nitrogens with zero attached hydrogens (tertiary/aromatic N) is 2. The Hall–Kier alpha value is -1.84. The first-order chi connectivity index (χ1) is 7.47. The van der Waals surface area contributed by atoms with Gasteiger partial charge in [-0.15, -0.1) is 0 Å². The van der Waals surface area contributed by atoms with Gasteiger partial charge in [-0.1, -0.05) is 0 Å². The number of pyridine rings is 1. The monoisotopic (exact) mass is 234 g/mol. The Bertz CT molecular complexity index is 403. The first-order valence-electron chi connectivity index (χ1n) is 4.10. The highest BCUT2D eigenvalue weighted by molar-refractivity contribution is 5.40. The lowest BCUT2D eigenvalue weighted by Crippen LogP contribution is -2.33. The minimum atomic E-state index is -4.25. The summed E-state index contributed by atoms with van der Waals surface area (Å²) in [5.74, 6) is -4.49. The lowest BCUT2D eigenvalue weighted by Gasteiger charge is -2.16. The van der Waals surface area contributed by atoms with Crippen LogP contribution in [-0.2, 0) is 0 Å². The van der Waals surface area contributed by atoms with Crippen LogP contribution in [0.4, 0.5) is 17.6 Å². The molecule has 0 aliphatic heterocycles. The molecule has 86 valence electrons. The van der Waals surface area contributed by atoms with Crippen molar-refractivity contribution in [3.05, 3.63) is 24.0 Å². The van der Waals surface area contributed by atoms with Crippen LogP contribution >= 0.6 is 0 Å². The molecule has 0 radical (unpaired) electrons. The maximum Gasteiger partial charge on any atom is 0.340 e. The van der Waals surface area contributed by atoms with Crippen LogP contribution in [0.1, 0.15) is 5.56 Å². The van der Waals surface area contributed by atoms with Crippen molar-refractivity contribution in [3.63, 3.8) is 0 Å². The predicted octanol–water partition coefficient (Wildman–Crippen LogP) is 2.23. The van der Waals surface area contributed by atoms with Crippen LogP contribution in [-0.4, -0.2) is 23.9 Å². The van der Waals surface area contributed by atoms with E-state index in [-0.39, 0.29) is 11.3 Å². The molecule has 7 heteroatoms. The van der Waals surface area contributed by atoms with E-state index in [1.807, 2.05) is 0 Å². The molecule has 1 aromatic heterocycles. The number of rotatable bonds is 4. The summed E-state index contributed by atoms with van der Waals surface area (Å²) >= 11 is 0. The number of ether oxygens (including phenoxy) is 1. The molecule has 0 unspecified atom stereocenters. The van der Waals surface area contributed by atoms with Crippen LogP contribution in [0.25, 0.3) is 0 Å². The van der Waals surface area contributed by atoms with E-state index in [1.54, 1.807) is 6.07 Å². The first kappa shape index (κ1) is 12.2. The quantitative estimate of drug-likeness (QED) is 0.750. The van der Waals surface area contributed by atoms with Gasteiger partial charge in [-0.25, -0.2) is 8.78 Å². The fourth-order valence-corrected chi connectivity index (χ4v) is 0.824. The Labute approximate surface area is 88.3 Å². The maximum atomic E-state index is 12.5. The lowest BCUT2D eigenvalue weighted by molar-refractivity contribution is -0.148. The summed E-state index contributed by atoms with van der Waals surface area (Å²) < 4.78 is 53.0. The van der Waals surface area contributed by atoms with Crippen LogP contribution in [0, 0.1) is 11.3 Å². The smallest absolute Gasteiger partial charge is 0.340 e. The lowest BCUT2D eigenvalue weighted by atomic mass is 10.3. The van der Waals surface area contributed by atoms with Gasteiger partial charge in [0.05, 0.1) is 11.8 Å². The second kappa shape index (κ2) is 4.79. The number of alkyl halides is 4. The summed E-state index contributed by atoms with van der Waals surface area (Å²) in [7, 11) is 0. The van der Waals surface area contributed by atoms with Gasteiger partial charge < -0.3 is 4.74 Å². The molecule has 1 rings (SSSR count). The molecule has 0 fully saturated rings. The summed E-state index contributed by atoms with van der Waals surface area (Å²) in [5.41, 5.74) is -0.0416. The highest BCUT2D eigenvalue weighted by Crippen LogP contribution is 2.25. The molecule has 16 heavy (non-hydrogen) atoms. The van der Waals surface area contributed by atoms with Crippen LogP contribution in [0.5, 0.6) is 5.75 Å². The van der Waals surface area contributed by atoms with E-state index >= 15 is 0 Å². The zero-order chi connectivity index (χ0) is 12.2. The van der Waals surface area contributed by atoms with Crippen molar-refractivity contribution < 1.29 is 22.3 Å². The Morgan fingerprint density at radius 2 is 2.19 bits per heavy atom. The highest BCUT2D eigenvalue weighted by Gasteiger charge is 2.41. The maximum absolute atomic E-state index is 12.5. The second-order valence-electron chi connectivity index (χ2n) is 2.83. The molecule has 0 saturated heterocycles. The Kier molecular flexibility index (Phi) is 3.66. The molecule has 1 heterocycles. The van der Waals surface area contributed by atoms with Crippen molar-refractivity contribution in [2.45, 2.75) is 12.3 Å². The number of halogens is 4. The van der Waals surface area contributed by atoms with Crippen molar-refractivity contribution in [3.8, 4) is 11.8 Å². The molecule has 0 aromatic carbocycles. The predicted molar refractivity (Wildman–Crippen MR) is 45.4 cm³/mol. The zero-order valence-electron chi connectivity index (χ0n) is 7.83. The average Bonchev–Trinajstić information content (AvgIpc) is 2.26. The standard InChI is InChI=1S/C9H6F4N2O/c10-8(11)9(12,13)5-16-7-4-15-2-1-6(7)3-14/h1-2,4,8H,5H2. The van der Waals surface area contributed by atoms with Crippen LogP contribution in [0.2, 0.25) is 0 Å². The number of hydrogen-bond acceptors (Lipinski definition) is 3. The van der Waals surface area contributed by atoms with E-state index in [2.05, 4.69) is 9.72 Å². The molecular weight excluding hydrogens is 228 g/mol. The molecule has 0 N–H and O–H groups in total. The van der Waals surface area contributed by atoms with Crippen LogP contribution in [0.15, 0.2) is 18.5 Å². The molecule has 0 atom stereocenters. The molecule has 0 saturated carbocycles. The topological polar surface area (TPSA) is 45.9 Å². The summed E-state index contributed by atoms with van der Waals surface area (Å²) in [6, 6.07) is 2.90. The molecule has 0 bridgehead atoms. The highest BCUT2D eigenvalue weighted by atomic mass is 19.3. The first-order valence-corrected chi connectivity index (χ1v) is 4.10. The number of aromatic nitrogens is 1. The van der Waals surface area contributed by atoms with Gasteiger partial charge in [0.2, 0.25) is 0 Å². The van der Waals surface area contributed by atoms with Crippen LogP contribution < -0.4 is 4.74 Å². The normalized spacial score (nSPS) is 11.2. The third-order valence-electron chi connectivity index (χ3n) is 1.64. The summed E-state index contributed by atoms with van der Waals surface area (Å²) in [4.78, 5) is 3.53. The van der Waals surface area contributed by atoms with Crippen molar-refractivity contribution in [2.75, 3.05) is 6.61 Å². The van der Waals surface area contributed by atoms with E-state index in [9.17, 15) is 17.6 Å². The van der Waals surface area contributed by atoms with Gasteiger partial charge in [0, 0.05) is 6.20 Å². The minimum absolute atomic E-state index is 0.0416. The zero-order valence-corrected chi connectivity index (χ0v) is 7.83. The minimum Gasteiger partial charge on any atom is -0.484 e. The average molecular weight is 234 g/mol. The van der Waals surface area contributed by atoms with E-state index in [0.717, 1.165) is 6.20 Å². The van der Waals surface area contributed by atoms with Crippen molar-refractivity contribution in [1.29, 1.82) is 5.26 Å². The molecule has 0 spiro atoms. The van der Waals surface area contributed by atoms with Crippen molar-refractivity contribution in [1.82, 2.24) is 4.98 Å². The van der Waals surface area contributed by atoms with Gasteiger partial charge in [0.15, 0.2) is 12.4 Å². The second-order valence-corrected chi connectivity index (χ2v) is 2.83. The van der Waals surface area contributed by atoms with Gasteiger partial charge in [-0.3, -0.25) is 4.98 Å². The van der Waals surface area contributed by atoms with Gasteiger partial charge in [-0.05, 0) is 6.07 Å². The van der Waals surface area contributed by atoms with E-state index in [1.165, 1.54) is 12.3 Å². The van der Waals surface area contributed by atoms with Crippen molar-refractivity contribution >= 4 is 0 Å². The third-order valence-corrected chi connectivity index (χ3v) is 1.64. The summed E-state index contributed by atoms with van der Waals surface area (Å²) in [6.07, 6.45) is -1.54. The Morgan fingerprint density at radius 3 is 2.75 bits per heavy atom. The van der Waals surface area contributed by atoms with Gasteiger partial charge >= 0.3 is 12.3 Å². The number of nitriles is 1. The molecule has 3 nitrogen and oxygen atoms in total. The Balaban J connectivity index is 2.72. The SMILES string of the molecule is N#Cc1ccncc1OCC(F)(F)C(F)F. The van der Waals surface area contributed by atoms with Gasteiger partial charge in [-0.2, -0.15) is 14.0 Å². The van der Waals surface area contributed by atoms with E-state index in [4.69, 9.17) is 5.26 Å². The molecule has 1 aromatic rings. The Morgan fingerprint density at radius 1 is 1.50 bits per heavy atom. The third kappa shape index (κ3) is 2.82. The van der Waals surface area contributed by atoms with Crippen molar-refractivity contribution in [2.24, 2.45) is 0 Å². The molecule has 0 aliphatic rings. The largest absolute Gasteiger partial charge is 0.484 e. The molecular formula is C9H6F4N2O. The van der Waals surface area contributed by atoms with Crippen LogP contribution in [0.3, 0.4) is 0 Å². The number of hydrogen-bond donors (Lipinski definition) is 0. The van der Waals surface area contributed by atoms with E-state index in [0.29, 0.717) is 0 Å². The fraction of sp³-hybridized carbons (Fsp3) is 0.333. The van der Waals surface area contributed by atoms with Gasteiger partial charge in [0.25, 0.3) is 0 Å². The molecule has 0 aliphatic carbocycles. The molecule has 0 amide bonds. The summed E-state index contributed by atoms with van der Waals surface area (Å²) in [6.45, 7) is -1.50. The van der Waals surface area contributed by atoms with Gasteiger partial charge in [0.1, 0.15) is 6.07 Å². The summed E-state index contributed by atoms with van der Waals surface area (Å²) in [5, 5.41) is 8.56.